The van der Waals surface area contributed by atoms with E-state index in [4.69, 9.17) is 0 Å². The molecule has 0 amide bonds. The number of aromatic nitrogens is 4. The van der Waals surface area contributed by atoms with Crippen LogP contribution >= 0.6 is 11.8 Å². The molecule has 0 spiro atoms. The third kappa shape index (κ3) is 3.94. The number of nitrogens with one attached hydrogen (secondary N) is 2. The maximum atomic E-state index is 11.3. The largest absolute Gasteiger partial charge is 0.343 e. The van der Waals surface area contributed by atoms with Crippen LogP contribution in [-0.4, -0.2) is 26.3 Å². The third-order valence-corrected chi connectivity index (χ3v) is 3.71. The van der Waals surface area contributed by atoms with Crippen molar-refractivity contribution in [3.63, 3.8) is 0 Å². The molecular weight excluding hydrogens is 274 g/mol. The molecule has 0 unspecified atom stereocenters. The van der Waals surface area contributed by atoms with Crippen LogP contribution in [0.15, 0.2) is 33.3 Å². The van der Waals surface area contributed by atoms with Gasteiger partial charge in [0.15, 0.2) is 5.16 Å². The monoisotopic (exact) mass is 293 g/mol. The molecule has 0 atom stereocenters. The summed E-state index contributed by atoms with van der Waals surface area (Å²) in [6.45, 7) is 6.17. The van der Waals surface area contributed by atoms with Gasteiger partial charge in [0.2, 0.25) is 0 Å². The van der Waals surface area contributed by atoms with Gasteiger partial charge in [0.1, 0.15) is 5.03 Å². The second-order valence-corrected chi connectivity index (χ2v) is 5.99. The predicted molar refractivity (Wildman–Crippen MR) is 78.7 cm³/mol. The summed E-state index contributed by atoms with van der Waals surface area (Å²) in [5.74, 6) is 0.638. The molecule has 0 saturated heterocycles. The second-order valence-electron chi connectivity index (χ2n) is 5.00. The Morgan fingerprint density at radius 1 is 1.45 bits per heavy atom. The van der Waals surface area contributed by atoms with Gasteiger partial charge in [-0.05, 0) is 35.9 Å². The summed E-state index contributed by atoms with van der Waals surface area (Å²) in [6.07, 6.45) is 1.85. The van der Waals surface area contributed by atoms with E-state index in [1.807, 2.05) is 18.3 Å². The molecule has 0 aromatic carbocycles. The summed E-state index contributed by atoms with van der Waals surface area (Å²) in [5, 5.41) is 11.1. The van der Waals surface area contributed by atoms with Gasteiger partial charge < -0.3 is 5.32 Å². The Morgan fingerprint density at radius 2 is 2.25 bits per heavy atom. The number of hydrogen-bond acceptors (Lipinski definition) is 5. The first kappa shape index (κ1) is 14.8. The molecule has 2 N–H and O–H groups in total. The van der Waals surface area contributed by atoms with Crippen LogP contribution in [0.25, 0.3) is 0 Å². The maximum Gasteiger partial charge on any atom is 0.343 e. The van der Waals surface area contributed by atoms with Crippen molar-refractivity contribution in [3.05, 3.63) is 34.4 Å². The van der Waals surface area contributed by atoms with Crippen LogP contribution < -0.4 is 11.0 Å². The van der Waals surface area contributed by atoms with Gasteiger partial charge >= 0.3 is 5.69 Å². The zero-order chi connectivity index (χ0) is 14.5. The van der Waals surface area contributed by atoms with Gasteiger partial charge in [-0.1, -0.05) is 19.9 Å². The third-order valence-electron chi connectivity index (χ3n) is 2.71. The summed E-state index contributed by atoms with van der Waals surface area (Å²) >= 11 is 1.36. The first-order chi connectivity index (χ1) is 9.56. The van der Waals surface area contributed by atoms with E-state index in [1.54, 1.807) is 7.05 Å². The Bertz CT molecular complexity index is 602. The molecule has 0 aliphatic heterocycles. The van der Waals surface area contributed by atoms with Crippen LogP contribution in [0.3, 0.4) is 0 Å². The average Bonchev–Trinajstić information content (AvgIpc) is 2.72. The van der Waals surface area contributed by atoms with Crippen LogP contribution in [-0.2, 0) is 13.6 Å². The molecule has 2 rings (SSSR count). The summed E-state index contributed by atoms with van der Waals surface area (Å²) in [7, 11) is 1.68. The van der Waals surface area contributed by atoms with Crippen molar-refractivity contribution in [2.75, 3.05) is 6.54 Å². The Hall–Kier alpha value is -1.60. The van der Waals surface area contributed by atoms with Crippen molar-refractivity contribution >= 4 is 11.8 Å². The number of hydrogen-bond donors (Lipinski definition) is 2. The molecule has 0 aliphatic rings. The Balaban J connectivity index is 1.94. The number of rotatable bonds is 6. The molecule has 2 heterocycles. The predicted octanol–water partition coefficient (Wildman–Crippen LogP) is 1.40. The summed E-state index contributed by atoms with van der Waals surface area (Å²) in [5.41, 5.74) is 0.924. The summed E-state index contributed by atoms with van der Waals surface area (Å²) in [4.78, 5) is 15.6. The fourth-order valence-electron chi connectivity index (χ4n) is 1.60. The molecule has 0 fully saturated rings. The molecule has 108 valence electrons. The minimum Gasteiger partial charge on any atom is -0.312 e. The SMILES string of the molecule is CC(C)CNCc1ccc(Sc2n[nH]c(=O)n2C)nc1. The van der Waals surface area contributed by atoms with Gasteiger partial charge in [-0.25, -0.2) is 14.9 Å². The molecular formula is C13H19N5OS. The molecule has 0 aliphatic carbocycles. The summed E-state index contributed by atoms with van der Waals surface area (Å²) < 4.78 is 1.46. The second kappa shape index (κ2) is 6.71. The fraction of sp³-hybridized carbons (Fsp3) is 0.462. The minimum atomic E-state index is -0.220. The van der Waals surface area contributed by atoms with Crippen LogP contribution in [0.4, 0.5) is 0 Å². The van der Waals surface area contributed by atoms with Crippen molar-refractivity contribution in [1.29, 1.82) is 0 Å². The first-order valence-electron chi connectivity index (χ1n) is 6.51. The minimum absolute atomic E-state index is 0.220. The van der Waals surface area contributed by atoms with Crippen LogP contribution in [0.2, 0.25) is 0 Å². The van der Waals surface area contributed by atoms with Crippen molar-refractivity contribution in [1.82, 2.24) is 25.1 Å². The van der Waals surface area contributed by atoms with E-state index in [9.17, 15) is 4.79 Å². The molecule has 20 heavy (non-hydrogen) atoms. The number of H-pyrrole nitrogens is 1. The zero-order valence-corrected chi connectivity index (χ0v) is 12.7. The smallest absolute Gasteiger partial charge is 0.312 e. The van der Waals surface area contributed by atoms with Gasteiger partial charge in [-0.2, -0.15) is 0 Å². The first-order valence-corrected chi connectivity index (χ1v) is 7.33. The molecule has 2 aromatic heterocycles. The van der Waals surface area contributed by atoms with E-state index in [-0.39, 0.29) is 5.69 Å². The van der Waals surface area contributed by atoms with Crippen LogP contribution in [0.5, 0.6) is 0 Å². The lowest BCUT2D eigenvalue weighted by molar-refractivity contribution is 0.551. The Labute approximate surface area is 122 Å². The molecule has 0 bridgehead atoms. The topological polar surface area (TPSA) is 75.6 Å². The standard InChI is InChI=1S/C13H19N5OS/c1-9(2)6-14-7-10-4-5-11(15-8-10)20-13-17-16-12(19)18(13)3/h4-5,8-9,14H,6-7H2,1-3H3,(H,16,19). The van der Waals surface area contributed by atoms with Gasteiger partial charge in [-0.3, -0.25) is 4.57 Å². The van der Waals surface area contributed by atoms with Gasteiger partial charge in [0.25, 0.3) is 0 Å². The highest BCUT2D eigenvalue weighted by Gasteiger charge is 2.07. The Kier molecular flexibility index (Phi) is 4.97. The van der Waals surface area contributed by atoms with Crippen LogP contribution in [0.1, 0.15) is 19.4 Å². The van der Waals surface area contributed by atoms with Gasteiger partial charge in [0, 0.05) is 19.8 Å². The molecule has 0 saturated carbocycles. The quantitative estimate of drug-likeness (QED) is 0.842. The summed E-state index contributed by atoms with van der Waals surface area (Å²) in [6, 6.07) is 3.98. The maximum absolute atomic E-state index is 11.3. The van der Waals surface area contributed by atoms with Gasteiger partial charge in [0.05, 0.1) is 0 Å². The highest BCUT2D eigenvalue weighted by molar-refractivity contribution is 7.99. The van der Waals surface area contributed by atoms with Crippen molar-refractivity contribution in [2.24, 2.45) is 13.0 Å². The molecule has 6 nitrogen and oxygen atoms in total. The number of pyridine rings is 1. The van der Waals surface area contributed by atoms with E-state index in [1.165, 1.54) is 16.3 Å². The van der Waals surface area contributed by atoms with Crippen molar-refractivity contribution in [3.8, 4) is 0 Å². The number of nitrogens with zero attached hydrogens (tertiary/aromatic N) is 3. The average molecular weight is 293 g/mol. The van der Waals surface area contributed by atoms with E-state index >= 15 is 0 Å². The van der Waals surface area contributed by atoms with Crippen molar-refractivity contribution in [2.45, 2.75) is 30.6 Å². The molecule has 7 heteroatoms. The lowest BCUT2D eigenvalue weighted by Gasteiger charge is -2.07. The van der Waals surface area contributed by atoms with E-state index in [0.29, 0.717) is 11.1 Å². The Morgan fingerprint density at radius 3 is 2.80 bits per heavy atom. The van der Waals surface area contributed by atoms with E-state index < -0.39 is 0 Å². The lowest BCUT2D eigenvalue weighted by Crippen LogP contribution is -2.18. The molecule has 2 aromatic rings. The highest BCUT2D eigenvalue weighted by Crippen LogP contribution is 2.22. The fourth-order valence-corrected chi connectivity index (χ4v) is 2.34. The van der Waals surface area contributed by atoms with E-state index in [0.717, 1.165) is 23.7 Å². The normalized spacial score (nSPS) is 11.2. The van der Waals surface area contributed by atoms with Crippen molar-refractivity contribution < 1.29 is 0 Å². The number of aromatic amines is 1. The zero-order valence-electron chi connectivity index (χ0n) is 11.9. The van der Waals surface area contributed by atoms with Gasteiger partial charge in [-0.15, -0.1) is 5.10 Å². The van der Waals surface area contributed by atoms with Crippen LogP contribution in [0, 0.1) is 5.92 Å². The lowest BCUT2D eigenvalue weighted by atomic mass is 10.2. The molecule has 0 radical (unpaired) electrons. The van der Waals surface area contributed by atoms with E-state index in [2.05, 4.69) is 34.3 Å². The highest BCUT2D eigenvalue weighted by atomic mass is 32.2.